The molecule has 1 fully saturated rings. The zero-order valence-corrected chi connectivity index (χ0v) is 18.1. The standard InChI is InChI=1S/C24H28ClN3O/c1-4-5-15-26-23(29)19-11-12-21(22(25)16-19)17(2)27-28-18(3)24(13-14-24)20-9-7-6-8-10-20/h6-12,16H,4-5,13-15H2,1-3H3,(H,26,29)/b27-17+,28-18+. The maximum atomic E-state index is 12.2. The lowest BCUT2D eigenvalue weighted by Gasteiger charge is -2.14. The molecule has 2 aromatic rings. The quantitative estimate of drug-likeness (QED) is 0.335. The van der Waals surface area contributed by atoms with Crippen LogP contribution in [0.4, 0.5) is 0 Å². The Morgan fingerprint density at radius 1 is 1.10 bits per heavy atom. The minimum Gasteiger partial charge on any atom is -0.352 e. The smallest absolute Gasteiger partial charge is 0.251 e. The molecule has 0 aliphatic heterocycles. The van der Waals surface area contributed by atoms with Gasteiger partial charge in [0, 0.05) is 28.8 Å². The molecule has 0 saturated heterocycles. The van der Waals surface area contributed by atoms with E-state index in [9.17, 15) is 4.79 Å². The van der Waals surface area contributed by atoms with Crippen molar-refractivity contribution in [1.82, 2.24) is 5.32 Å². The number of rotatable bonds is 8. The minimum atomic E-state index is -0.103. The second kappa shape index (κ2) is 9.36. The van der Waals surface area contributed by atoms with Gasteiger partial charge in [-0.3, -0.25) is 4.79 Å². The van der Waals surface area contributed by atoms with Crippen molar-refractivity contribution in [3.8, 4) is 0 Å². The second-order valence-electron chi connectivity index (χ2n) is 7.62. The summed E-state index contributed by atoms with van der Waals surface area (Å²) in [5.74, 6) is -0.103. The van der Waals surface area contributed by atoms with Crippen LogP contribution >= 0.6 is 11.6 Å². The lowest BCUT2D eigenvalue weighted by molar-refractivity contribution is 0.0953. The number of hydrogen-bond donors (Lipinski definition) is 1. The fraction of sp³-hybridized carbons (Fsp3) is 0.375. The fourth-order valence-corrected chi connectivity index (χ4v) is 3.79. The van der Waals surface area contributed by atoms with Gasteiger partial charge in [-0.25, -0.2) is 0 Å². The van der Waals surface area contributed by atoms with Gasteiger partial charge in [-0.2, -0.15) is 10.2 Å². The van der Waals surface area contributed by atoms with E-state index < -0.39 is 0 Å². The largest absolute Gasteiger partial charge is 0.352 e. The summed E-state index contributed by atoms with van der Waals surface area (Å²) in [6.07, 6.45) is 4.21. The first kappa shape index (κ1) is 21.3. The Bertz CT molecular complexity index is 930. The van der Waals surface area contributed by atoms with Crippen molar-refractivity contribution in [1.29, 1.82) is 0 Å². The predicted molar refractivity (Wildman–Crippen MR) is 121 cm³/mol. The molecule has 1 amide bonds. The zero-order valence-electron chi connectivity index (χ0n) is 17.3. The SMILES string of the molecule is CCCCNC(=O)c1ccc(/C(C)=N/N=C(\C)C2(c3ccccc3)CC2)c(Cl)c1. The molecule has 152 valence electrons. The van der Waals surface area contributed by atoms with Crippen molar-refractivity contribution in [2.24, 2.45) is 10.2 Å². The number of carbonyl (C=O) groups excluding carboxylic acids is 1. The van der Waals surface area contributed by atoms with Crippen molar-refractivity contribution in [2.45, 2.75) is 51.9 Å². The molecule has 3 rings (SSSR count). The van der Waals surface area contributed by atoms with Crippen LogP contribution < -0.4 is 5.32 Å². The molecule has 0 unspecified atom stereocenters. The molecular formula is C24H28ClN3O. The monoisotopic (exact) mass is 409 g/mol. The van der Waals surface area contributed by atoms with Crippen LogP contribution in [0, 0.1) is 0 Å². The van der Waals surface area contributed by atoms with Crippen molar-refractivity contribution in [3.05, 3.63) is 70.2 Å². The van der Waals surface area contributed by atoms with Crippen LogP contribution in [-0.2, 0) is 5.41 Å². The van der Waals surface area contributed by atoms with Gasteiger partial charge in [0.1, 0.15) is 0 Å². The van der Waals surface area contributed by atoms with Gasteiger partial charge in [-0.05, 0) is 50.8 Å². The van der Waals surface area contributed by atoms with Crippen molar-refractivity contribution in [3.63, 3.8) is 0 Å². The van der Waals surface area contributed by atoms with Crippen LogP contribution in [0.25, 0.3) is 0 Å². The number of carbonyl (C=O) groups is 1. The Hall–Kier alpha value is -2.46. The first-order valence-electron chi connectivity index (χ1n) is 10.2. The van der Waals surface area contributed by atoms with E-state index in [-0.39, 0.29) is 11.3 Å². The molecule has 0 spiro atoms. The molecule has 0 atom stereocenters. The van der Waals surface area contributed by atoms with Gasteiger partial charge in [-0.1, -0.05) is 61.3 Å². The van der Waals surface area contributed by atoms with E-state index in [1.165, 1.54) is 5.56 Å². The number of nitrogens with one attached hydrogen (secondary N) is 1. The van der Waals surface area contributed by atoms with Crippen molar-refractivity contribution < 1.29 is 4.79 Å². The number of amides is 1. The molecule has 0 bridgehead atoms. The summed E-state index contributed by atoms with van der Waals surface area (Å²) < 4.78 is 0. The third kappa shape index (κ3) is 4.94. The highest BCUT2D eigenvalue weighted by molar-refractivity contribution is 6.34. The van der Waals surface area contributed by atoms with Crippen LogP contribution in [0.3, 0.4) is 0 Å². The molecule has 1 N–H and O–H groups in total. The van der Waals surface area contributed by atoms with E-state index in [0.29, 0.717) is 17.1 Å². The van der Waals surface area contributed by atoms with Crippen LogP contribution in [0.5, 0.6) is 0 Å². The van der Waals surface area contributed by atoms with Crippen LogP contribution in [0.2, 0.25) is 5.02 Å². The summed E-state index contributed by atoms with van der Waals surface area (Å²) >= 11 is 6.43. The van der Waals surface area contributed by atoms with Crippen molar-refractivity contribution >= 4 is 28.9 Å². The molecule has 4 nitrogen and oxygen atoms in total. The Morgan fingerprint density at radius 2 is 1.83 bits per heavy atom. The van der Waals surface area contributed by atoms with Gasteiger partial charge in [-0.15, -0.1) is 0 Å². The zero-order chi connectivity index (χ0) is 20.9. The Morgan fingerprint density at radius 3 is 2.45 bits per heavy atom. The van der Waals surface area contributed by atoms with Gasteiger partial charge in [0.05, 0.1) is 10.7 Å². The van der Waals surface area contributed by atoms with Gasteiger partial charge in [0.15, 0.2) is 0 Å². The molecule has 5 heteroatoms. The summed E-state index contributed by atoms with van der Waals surface area (Å²) in [5.41, 5.74) is 4.42. The van der Waals surface area contributed by atoms with Crippen LogP contribution in [0.15, 0.2) is 58.7 Å². The fourth-order valence-electron chi connectivity index (χ4n) is 3.47. The number of benzene rings is 2. The molecule has 0 radical (unpaired) electrons. The molecule has 1 aliphatic carbocycles. The van der Waals surface area contributed by atoms with Gasteiger partial charge in [0.25, 0.3) is 5.91 Å². The third-order valence-corrected chi connectivity index (χ3v) is 5.87. The lowest BCUT2D eigenvalue weighted by Crippen LogP contribution is -2.24. The highest BCUT2D eigenvalue weighted by Crippen LogP contribution is 2.49. The second-order valence-corrected chi connectivity index (χ2v) is 8.03. The summed E-state index contributed by atoms with van der Waals surface area (Å²) in [6, 6.07) is 15.8. The Kier molecular flexibility index (Phi) is 6.86. The summed E-state index contributed by atoms with van der Waals surface area (Å²) in [6.45, 7) is 6.70. The first-order valence-corrected chi connectivity index (χ1v) is 10.6. The van der Waals surface area contributed by atoms with Gasteiger partial charge >= 0.3 is 0 Å². The van der Waals surface area contributed by atoms with Crippen LogP contribution in [0.1, 0.15) is 67.9 Å². The van der Waals surface area contributed by atoms with E-state index >= 15 is 0 Å². The Labute approximate surface area is 178 Å². The van der Waals surface area contributed by atoms with E-state index in [0.717, 1.165) is 42.7 Å². The average Bonchev–Trinajstić information content (AvgIpc) is 3.54. The summed E-state index contributed by atoms with van der Waals surface area (Å²) in [5, 5.41) is 12.4. The number of hydrogen-bond acceptors (Lipinski definition) is 3. The van der Waals surface area contributed by atoms with Gasteiger partial charge < -0.3 is 5.32 Å². The number of nitrogens with zero attached hydrogens (tertiary/aromatic N) is 2. The highest BCUT2D eigenvalue weighted by atomic mass is 35.5. The molecule has 1 saturated carbocycles. The molecule has 29 heavy (non-hydrogen) atoms. The van der Waals surface area contributed by atoms with Gasteiger partial charge in [0.2, 0.25) is 0 Å². The average molecular weight is 410 g/mol. The van der Waals surface area contributed by atoms with Crippen molar-refractivity contribution in [2.75, 3.05) is 6.54 Å². The van der Waals surface area contributed by atoms with E-state index in [4.69, 9.17) is 11.6 Å². The minimum absolute atomic E-state index is 0.0231. The molecule has 0 heterocycles. The lowest BCUT2D eigenvalue weighted by atomic mass is 9.92. The van der Waals surface area contributed by atoms with E-state index in [2.05, 4.69) is 46.7 Å². The molecule has 0 aromatic heterocycles. The van der Waals surface area contributed by atoms with E-state index in [1.54, 1.807) is 12.1 Å². The van der Waals surface area contributed by atoms with Crippen LogP contribution in [-0.4, -0.2) is 23.9 Å². The molecule has 2 aromatic carbocycles. The summed E-state index contributed by atoms with van der Waals surface area (Å²) in [7, 11) is 0. The molecule has 1 aliphatic rings. The maximum Gasteiger partial charge on any atom is 0.251 e. The topological polar surface area (TPSA) is 53.8 Å². The van der Waals surface area contributed by atoms with E-state index in [1.807, 2.05) is 26.0 Å². The number of halogens is 1. The normalized spacial score (nSPS) is 15.9. The Balaban J connectivity index is 1.74. The third-order valence-electron chi connectivity index (χ3n) is 5.56. The first-order chi connectivity index (χ1) is 14.0. The highest BCUT2D eigenvalue weighted by Gasteiger charge is 2.47. The summed E-state index contributed by atoms with van der Waals surface area (Å²) in [4.78, 5) is 12.2. The number of unbranched alkanes of at least 4 members (excludes halogenated alkanes) is 1. The maximum absolute atomic E-state index is 12.2. The molecular weight excluding hydrogens is 382 g/mol. The predicted octanol–water partition coefficient (Wildman–Crippen LogP) is 5.79.